The molecule has 0 amide bonds. The number of nitrogens with two attached hydrogens (primary N) is 1. The Balaban J connectivity index is 2.46. The molecule has 1 unspecified atom stereocenters. The number of ether oxygens (including phenoxy) is 3. The van der Waals surface area contributed by atoms with Gasteiger partial charge in [0.15, 0.2) is 0 Å². The Labute approximate surface area is 205 Å². The van der Waals surface area contributed by atoms with Crippen LogP contribution in [0, 0.1) is 11.3 Å². The maximum absolute atomic E-state index is 13.1. The number of anilines is 1. The van der Waals surface area contributed by atoms with Gasteiger partial charge in [-0.1, -0.05) is 30.3 Å². The number of carboxylic acid groups (broad SMARTS) is 1. The molecule has 1 atom stereocenters. The molecule has 0 radical (unpaired) electrons. The van der Waals surface area contributed by atoms with Gasteiger partial charge in [-0.05, 0) is 23.8 Å². The van der Waals surface area contributed by atoms with Crippen LogP contribution in [0.3, 0.4) is 0 Å². The number of methoxy groups -OCH3 is 3. The quantitative estimate of drug-likeness (QED) is 0.448. The summed E-state index contributed by atoms with van der Waals surface area (Å²) in [6.07, 6.45) is 0. The first-order valence-corrected chi connectivity index (χ1v) is 10.3. The lowest BCUT2D eigenvalue weighted by Crippen LogP contribution is -2.41. The number of hydrogen-bond acceptors (Lipinski definition) is 10. The van der Waals surface area contributed by atoms with Gasteiger partial charge >= 0.3 is 23.9 Å². The minimum atomic E-state index is -1.48. The molecular weight excluding hydrogens is 470 g/mol. The fraction of sp³-hybridized carbons (Fsp3) is 0.160. The van der Waals surface area contributed by atoms with Crippen LogP contribution in [-0.4, -0.2) is 50.3 Å². The van der Waals surface area contributed by atoms with Crippen LogP contribution in [0.1, 0.15) is 32.2 Å². The molecule has 0 saturated heterocycles. The number of allylic oxidation sites excluding steroid dienone is 1. The van der Waals surface area contributed by atoms with E-state index in [0.29, 0.717) is 5.56 Å². The summed E-state index contributed by atoms with van der Waals surface area (Å²) in [7, 11) is 3.29. The third kappa shape index (κ3) is 4.35. The maximum atomic E-state index is 13.1. The Morgan fingerprint density at radius 1 is 0.944 bits per heavy atom. The lowest BCUT2D eigenvalue weighted by Gasteiger charge is -2.36. The first-order valence-electron chi connectivity index (χ1n) is 10.3. The van der Waals surface area contributed by atoms with Crippen molar-refractivity contribution < 1.29 is 38.5 Å². The van der Waals surface area contributed by atoms with Crippen LogP contribution < -0.4 is 10.6 Å². The summed E-state index contributed by atoms with van der Waals surface area (Å²) < 4.78 is 14.5. The van der Waals surface area contributed by atoms with Gasteiger partial charge < -0.3 is 25.1 Å². The van der Waals surface area contributed by atoms with E-state index in [2.05, 4.69) is 4.74 Å². The molecule has 11 nitrogen and oxygen atoms in total. The van der Waals surface area contributed by atoms with E-state index in [0.717, 1.165) is 32.3 Å². The summed E-state index contributed by atoms with van der Waals surface area (Å²) >= 11 is 0. The van der Waals surface area contributed by atoms with Crippen molar-refractivity contribution in [2.45, 2.75) is 5.92 Å². The van der Waals surface area contributed by atoms with E-state index in [1.54, 1.807) is 30.3 Å². The lowest BCUT2D eigenvalue weighted by molar-refractivity contribution is -0.139. The predicted octanol–water partition coefficient (Wildman–Crippen LogP) is 2.07. The Hall–Kier alpha value is -5.11. The number of aromatic carboxylic acids is 1. The van der Waals surface area contributed by atoms with Gasteiger partial charge in [0.05, 0.1) is 61.3 Å². The van der Waals surface area contributed by atoms with Gasteiger partial charge in [-0.2, -0.15) is 5.26 Å². The second kappa shape index (κ2) is 10.4. The number of hydrogen-bond donors (Lipinski definition) is 2. The monoisotopic (exact) mass is 491 g/mol. The molecule has 3 N–H and O–H groups in total. The topological polar surface area (TPSA) is 169 Å². The molecule has 0 aromatic heterocycles. The predicted molar refractivity (Wildman–Crippen MR) is 124 cm³/mol. The highest BCUT2D eigenvalue weighted by Crippen LogP contribution is 2.44. The van der Waals surface area contributed by atoms with Crippen molar-refractivity contribution in [3.05, 3.63) is 87.9 Å². The second-order valence-electron chi connectivity index (χ2n) is 7.36. The van der Waals surface area contributed by atoms with Gasteiger partial charge in [0.25, 0.3) is 0 Å². The van der Waals surface area contributed by atoms with Crippen LogP contribution in [0.4, 0.5) is 5.69 Å². The fourth-order valence-electron chi connectivity index (χ4n) is 3.91. The summed E-state index contributed by atoms with van der Waals surface area (Å²) in [5.74, 6) is -5.70. The standard InChI is InChI=1S/C25H21N3O8/c1-34-23(31)14-9-10-17(15(11-14)22(29)30)28-20(25(33)36-3)19(24(32)35-2)18(16(12-26)21(28)27)13-7-5-4-6-8-13/h4-11,18H,27H2,1-3H3,(H,29,30). The minimum absolute atomic E-state index is 0.0855. The molecule has 0 spiro atoms. The van der Waals surface area contributed by atoms with Gasteiger partial charge in [-0.25, -0.2) is 19.2 Å². The van der Waals surface area contributed by atoms with Crippen LogP contribution in [0.2, 0.25) is 0 Å². The van der Waals surface area contributed by atoms with E-state index in [1.165, 1.54) is 12.1 Å². The third-order valence-electron chi connectivity index (χ3n) is 5.50. The number of esters is 3. The maximum Gasteiger partial charge on any atom is 0.355 e. The zero-order chi connectivity index (χ0) is 26.6. The lowest BCUT2D eigenvalue weighted by atomic mass is 9.80. The molecule has 11 heteroatoms. The van der Waals surface area contributed by atoms with Crippen molar-refractivity contribution in [2.75, 3.05) is 26.2 Å². The summed E-state index contributed by atoms with van der Waals surface area (Å²) in [4.78, 5) is 51.2. The van der Waals surface area contributed by atoms with E-state index in [-0.39, 0.29) is 28.2 Å². The number of nitrogens with zero attached hydrogens (tertiary/aromatic N) is 2. The molecular formula is C25H21N3O8. The van der Waals surface area contributed by atoms with E-state index in [4.69, 9.17) is 15.2 Å². The van der Waals surface area contributed by atoms with E-state index in [1.807, 2.05) is 6.07 Å². The highest BCUT2D eigenvalue weighted by Gasteiger charge is 2.43. The summed E-state index contributed by atoms with van der Waals surface area (Å²) in [5, 5.41) is 19.9. The van der Waals surface area contributed by atoms with Gasteiger partial charge in [0, 0.05) is 0 Å². The number of nitriles is 1. The molecule has 0 saturated carbocycles. The minimum Gasteiger partial charge on any atom is -0.478 e. The van der Waals surface area contributed by atoms with Crippen molar-refractivity contribution in [2.24, 2.45) is 5.73 Å². The smallest absolute Gasteiger partial charge is 0.355 e. The number of carboxylic acids is 1. The number of carbonyl (C=O) groups is 4. The zero-order valence-electron chi connectivity index (χ0n) is 19.5. The van der Waals surface area contributed by atoms with Gasteiger partial charge in [0.1, 0.15) is 11.5 Å². The number of rotatable bonds is 6. The number of benzene rings is 2. The van der Waals surface area contributed by atoms with Crippen LogP contribution in [0.15, 0.2) is 71.2 Å². The van der Waals surface area contributed by atoms with Crippen molar-refractivity contribution in [3.63, 3.8) is 0 Å². The van der Waals surface area contributed by atoms with E-state index < -0.39 is 41.1 Å². The highest BCUT2D eigenvalue weighted by molar-refractivity contribution is 6.08. The summed E-state index contributed by atoms with van der Waals surface area (Å²) in [6.45, 7) is 0. The molecule has 1 aliphatic heterocycles. The summed E-state index contributed by atoms with van der Waals surface area (Å²) in [5.41, 5.74) is 5.23. The molecule has 2 aromatic rings. The van der Waals surface area contributed by atoms with Crippen LogP contribution >= 0.6 is 0 Å². The molecule has 2 aromatic carbocycles. The molecule has 0 aliphatic carbocycles. The average Bonchev–Trinajstić information content (AvgIpc) is 2.91. The van der Waals surface area contributed by atoms with E-state index >= 15 is 0 Å². The molecule has 0 bridgehead atoms. The van der Waals surface area contributed by atoms with Crippen LogP contribution in [-0.2, 0) is 23.8 Å². The summed E-state index contributed by atoms with van der Waals surface area (Å²) in [6, 6.07) is 13.8. The molecule has 0 fully saturated rings. The van der Waals surface area contributed by atoms with Crippen LogP contribution in [0.5, 0.6) is 0 Å². The van der Waals surface area contributed by atoms with Crippen molar-refractivity contribution in [1.29, 1.82) is 5.26 Å². The Morgan fingerprint density at radius 3 is 2.08 bits per heavy atom. The van der Waals surface area contributed by atoms with Crippen molar-refractivity contribution in [3.8, 4) is 6.07 Å². The molecule has 3 rings (SSSR count). The van der Waals surface area contributed by atoms with Crippen molar-refractivity contribution in [1.82, 2.24) is 0 Å². The average molecular weight is 491 g/mol. The first-order chi connectivity index (χ1) is 17.2. The SMILES string of the molecule is COC(=O)C1=C(C(=O)OC)N(c2ccc(C(=O)OC)cc2C(=O)O)C(N)=C(C#N)C1c1ccccc1. The fourth-order valence-corrected chi connectivity index (χ4v) is 3.91. The highest BCUT2D eigenvalue weighted by atomic mass is 16.5. The molecule has 36 heavy (non-hydrogen) atoms. The Morgan fingerprint density at radius 2 is 1.56 bits per heavy atom. The largest absolute Gasteiger partial charge is 0.478 e. The van der Waals surface area contributed by atoms with Gasteiger partial charge in [-0.3, -0.25) is 4.90 Å². The first kappa shape index (κ1) is 25.5. The third-order valence-corrected chi connectivity index (χ3v) is 5.50. The van der Waals surface area contributed by atoms with Gasteiger partial charge in [0.2, 0.25) is 0 Å². The number of carbonyl (C=O) groups excluding carboxylic acids is 3. The molecule has 1 heterocycles. The molecule has 1 aliphatic rings. The Kier molecular flexibility index (Phi) is 7.40. The van der Waals surface area contributed by atoms with E-state index in [9.17, 15) is 29.5 Å². The molecule has 184 valence electrons. The normalized spacial score (nSPS) is 15.2. The van der Waals surface area contributed by atoms with Crippen LogP contribution in [0.25, 0.3) is 0 Å². The zero-order valence-corrected chi connectivity index (χ0v) is 19.5. The Bertz CT molecular complexity index is 1360. The van der Waals surface area contributed by atoms with Gasteiger partial charge in [-0.15, -0.1) is 0 Å². The second-order valence-corrected chi connectivity index (χ2v) is 7.36. The van der Waals surface area contributed by atoms with Crippen molar-refractivity contribution >= 4 is 29.6 Å².